The lowest BCUT2D eigenvalue weighted by atomic mass is 9.98. The van der Waals surface area contributed by atoms with E-state index in [4.69, 9.17) is 0 Å². The van der Waals surface area contributed by atoms with Gasteiger partial charge in [0.2, 0.25) is 0 Å². The second kappa shape index (κ2) is 4.98. The van der Waals surface area contributed by atoms with E-state index in [2.05, 4.69) is 9.80 Å². The minimum atomic E-state index is -0.635. The third-order valence-electron chi connectivity index (χ3n) is 4.06. The molecule has 0 N–H and O–H groups in total. The Morgan fingerprint density at radius 1 is 1.16 bits per heavy atom. The third-order valence-corrected chi connectivity index (χ3v) is 4.06. The lowest BCUT2D eigenvalue weighted by Crippen LogP contribution is -2.63. The molecule has 3 saturated heterocycles. The summed E-state index contributed by atoms with van der Waals surface area (Å²) in [5.41, 5.74) is -0.106. The van der Waals surface area contributed by atoms with Crippen LogP contribution in [0.2, 0.25) is 0 Å². The van der Waals surface area contributed by atoms with Crippen molar-refractivity contribution in [3.8, 4) is 0 Å². The Labute approximate surface area is 110 Å². The average Bonchev–Trinajstić information content (AvgIpc) is 2.44. The zero-order valence-electron chi connectivity index (χ0n) is 10.6. The molecule has 0 aliphatic carbocycles. The number of carbonyl (C=O) groups excluding carboxylic acids is 1. The highest BCUT2D eigenvalue weighted by molar-refractivity contribution is 5.86. The summed E-state index contributed by atoms with van der Waals surface area (Å²) in [6, 6.07) is 3.50. The maximum Gasteiger partial charge on any atom is 0.155 e. The van der Waals surface area contributed by atoms with Gasteiger partial charge in [-0.15, -0.1) is 0 Å². The molecule has 2 bridgehead atoms. The normalized spacial score (nSPS) is 29.5. The van der Waals surface area contributed by atoms with Crippen molar-refractivity contribution in [1.29, 1.82) is 0 Å². The van der Waals surface area contributed by atoms with Crippen molar-refractivity contribution < 1.29 is 13.6 Å². The van der Waals surface area contributed by atoms with Gasteiger partial charge in [-0.05, 0) is 12.1 Å². The predicted molar refractivity (Wildman–Crippen MR) is 66.9 cm³/mol. The van der Waals surface area contributed by atoms with Crippen molar-refractivity contribution in [3.63, 3.8) is 0 Å². The number of fused-ring (bicyclic) bond motifs is 3. The first kappa shape index (κ1) is 12.7. The number of nitrogens with zero attached hydrogens (tertiary/aromatic N) is 2. The van der Waals surface area contributed by atoms with Gasteiger partial charge in [0.05, 0.1) is 6.04 Å². The minimum Gasteiger partial charge on any atom is -0.299 e. The van der Waals surface area contributed by atoms with Crippen molar-refractivity contribution in [2.45, 2.75) is 12.5 Å². The number of ketones is 1. The zero-order valence-corrected chi connectivity index (χ0v) is 10.6. The number of halogens is 2. The number of piperazine rings is 3. The van der Waals surface area contributed by atoms with Gasteiger partial charge in [-0.1, -0.05) is 6.07 Å². The first-order chi connectivity index (χ1) is 9.15. The maximum atomic E-state index is 13.5. The van der Waals surface area contributed by atoms with Crippen molar-refractivity contribution in [1.82, 2.24) is 9.80 Å². The Kier molecular flexibility index (Phi) is 3.33. The molecule has 0 amide bonds. The highest BCUT2D eigenvalue weighted by atomic mass is 19.1. The molecular weight excluding hydrogens is 250 g/mol. The van der Waals surface area contributed by atoms with Gasteiger partial charge in [-0.25, -0.2) is 8.78 Å². The van der Waals surface area contributed by atoms with Crippen LogP contribution in [0.1, 0.15) is 5.56 Å². The van der Waals surface area contributed by atoms with E-state index >= 15 is 0 Å². The molecule has 3 aliphatic rings. The van der Waals surface area contributed by atoms with E-state index in [-0.39, 0.29) is 23.8 Å². The van der Waals surface area contributed by atoms with E-state index in [0.29, 0.717) is 6.54 Å². The summed E-state index contributed by atoms with van der Waals surface area (Å²) in [4.78, 5) is 16.6. The standard InChI is InChI=1S/C14H16F2N2O/c15-11-2-1-3-12(16)10(11)8-14(19)13-9-17-4-6-18(13)7-5-17/h1-3,13H,4-9H2. The van der Waals surface area contributed by atoms with Crippen molar-refractivity contribution in [3.05, 3.63) is 35.4 Å². The lowest BCUT2D eigenvalue weighted by Gasteiger charge is -2.46. The van der Waals surface area contributed by atoms with Gasteiger partial charge in [-0.2, -0.15) is 0 Å². The molecule has 1 aromatic carbocycles. The second-order valence-electron chi connectivity index (χ2n) is 5.20. The van der Waals surface area contributed by atoms with E-state index < -0.39 is 11.6 Å². The van der Waals surface area contributed by atoms with E-state index in [0.717, 1.165) is 26.2 Å². The average molecular weight is 266 g/mol. The van der Waals surface area contributed by atoms with Crippen molar-refractivity contribution in [2.75, 3.05) is 32.7 Å². The number of carbonyl (C=O) groups is 1. The maximum absolute atomic E-state index is 13.5. The molecule has 1 atom stereocenters. The van der Waals surface area contributed by atoms with Crippen molar-refractivity contribution in [2.24, 2.45) is 0 Å². The van der Waals surface area contributed by atoms with E-state index in [1.54, 1.807) is 0 Å². The first-order valence-electron chi connectivity index (χ1n) is 6.57. The fraction of sp³-hybridized carbons (Fsp3) is 0.500. The van der Waals surface area contributed by atoms with Crippen LogP contribution in [0.4, 0.5) is 8.78 Å². The van der Waals surface area contributed by atoms with Crippen LogP contribution in [-0.2, 0) is 11.2 Å². The molecule has 3 fully saturated rings. The van der Waals surface area contributed by atoms with Gasteiger partial charge in [0, 0.05) is 44.7 Å². The molecule has 3 nitrogen and oxygen atoms in total. The number of hydrogen-bond acceptors (Lipinski definition) is 3. The smallest absolute Gasteiger partial charge is 0.155 e. The van der Waals surface area contributed by atoms with Crippen LogP contribution in [0.25, 0.3) is 0 Å². The van der Waals surface area contributed by atoms with Gasteiger partial charge in [0.1, 0.15) is 11.6 Å². The topological polar surface area (TPSA) is 23.6 Å². The number of hydrogen-bond donors (Lipinski definition) is 0. The molecule has 1 unspecified atom stereocenters. The second-order valence-corrected chi connectivity index (χ2v) is 5.20. The van der Waals surface area contributed by atoms with E-state index in [1.807, 2.05) is 0 Å². The van der Waals surface area contributed by atoms with Gasteiger partial charge >= 0.3 is 0 Å². The molecule has 1 aromatic rings. The Balaban J connectivity index is 1.75. The largest absolute Gasteiger partial charge is 0.299 e. The summed E-state index contributed by atoms with van der Waals surface area (Å²) in [6.07, 6.45) is -0.159. The van der Waals surface area contributed by atoms with Gasteiger partial charge in [0.25, 0.3) is 0 Å². The molecular formula is C14H16F2N2O. The van der Waals surface area contributed by atoms with E-state index in [1.165, 1.54) is 18.2 Å². The first-order valence-corrected chi connectivity index (χ1v) is 6.57. The SMILES string of the molecule is O=C(Cc1c(F)cccc1F)C1CN2CCN1CC2. The predicted octanol–water partition coefficient (Wildman–Crippen LogP) is 1.08. The molecule has 4 rings (SSSR count). The Morgan fingerprint density at radius 3 is 2.32 bits per heavy atom. The molecule has 0 aromatic heterocycles. The highest BCUT2D eigenvalue weighted by Crippen LogP contribution is 2.20. The Bertz CT molecular complexity index is 478. The van der Waals surface area contributed by atoms with Gasteiger partial charge in [-0.3, -0.25) is 14.6 Å². The fourth-order valence-electron chi connectivity index (χ4n) is 2.92. The van der Waals surface area contributed by atoms with Crippen LogP contribution in [0.3, 0.4) is 0 Å². The third kappa shape index (κ3) is 2.40. The number of Topliss-reactive ketones (excluding diaryl/α,β-unsaturated/α-hetero) is 1. The lowest BCUT2D eigenvalue weighted by molar-refractivity contribution is -0.128. The van der Waals surface area contributed by atoms with Crippen LogP contribution in [0, 0.1) is 11.6 Å². The molecule has 102 valence electrons. The zero-order chi connectivity index (χ0) is 13.4. The summed E-state index contributed by atoms with van der Waals surface area (Å²) in [5, 5.41) is 0. The molecule has 0 saturated carbocycles. The Morgan fingerprint density at radius 2 is 1.79 bits per heavy atom. The number of benzene rings is 1. The highest BCUT2D eigenvalue weighted by Gasteiger charge is 2.36. The van der Waals surface area contributed by atoms with Gasteiger partial charge < -0.3 is 0 Å². The summed E-state index contributed by atoms with van der Waals surface area (Å²) < 4.78 is 27.1. The summed E-state index contributed by atoms with van der Waals surface area (Å²) in [7, 11) is 0. The van der Waals surface area contributed by atoms with Gasteiger partial charge in [0.15, 0.2) is 5.78 Å². The monoisotopic (exact) mass is 266 g/mol. The minimum absolute atomic E-state index is 0.0894. The molecule has 0 radical (unpaired) electrons. The van der Waals surface area contributed by atoms with Crippen LogP contribution < -0.4 is 0 Å². The molecule has 0 spiro atoms. The van der Waals surface area contributed by atoms with Crippen LogP contribution in [0.5, 0.6) is 0 Å². The molecule has 19 heavy (non-hydrogen) atoms. The fourth-order valence-corrected chi connectivity index (χ4v) is 2.92. The summed E-state index contributed by atoms with van der Waals surface area (Å²) in [5.74, 6) is -1.36. The Hall–Kier alpha value is -1.33. The summed E-state index contributed by atoms with van der Waals surface area (Å²) >= 11 is 0. The van der Waals surface area contributed by atoms with Crippen molar-refractivity contribution >= 4 is 5.78 Å². The van der Waals surface area contributed by atoms with Crippen LogP contribution in [0.15, 0.2) is 18.2 Å². The molecule has 3 heterocycles. The van der Waals surface area contributed by atoms with Crippen LogP contribution >= 0.6 is 0 Å². The number of rotatable bonds is 3. The summed E-state index contributed by atoms with van der Waals surface area (Å²) in [6.45, 7) is 4.40. The molecule has 5 heteroatoms. The quantitative estimate of drug-likeness (QED) is 0.818. The molecule has 3 aliphatic heterocycles. The van der Waals surface area contributed by atoms with Crippen LogP contribution in [-0.4, -0.2) is 54.3 Å². The van der Waals surface area contributed by atoms with E-state index in [9.17, 15) is 13.6 Å².